The van der Waals surface area contributed by atoms with Crippen LogP contribution in [0.3, 0.4) is 0 Å². The van der Waals surface area contributed by atoms with Crippen LogP contribution in [0.5, 0.6) is 0 Å². The van der Waals surface area contributed by atoms with Crippen LogP contribution in [0.1, 0.15) is 53.4 Å². The molecule has 0 bridgehead atoms. The second-order valence-electron chi connectivity index (χ2n) is 4.89. The van der Waals surface area contributed by atoms with E-state index >= 15 is 0 Å². The van der Waals surface area contributed by atoms with E-state index in [1.807, 2.05) is 0 Å². The number of unbranched alkanes of at least 4 members (excludes halogenated alkanes) is 2. The monoisotopic (exact) mass is 284 g/mol. The van der Waals surface area contributed by atoms with Gasteiger partial charge >= 0.3 is 11.9 Å². The molecule has 0 rings (SSSR count). The molecule has 0 aliphatic rings. The fourth-order valence-corrected chi connectivity index (χ4v) is 1.06. The van der Waals surface area contributed by atoms with E-state index in [0.29, 0.717) is 18.1 Å². The van der Waals surface area contributed by atoms with Gasteiger partial charge in [0.05, 0.1) is 6.61 Å². The molecule has 20 heavy (non-hydrogen) atoms. The van der Waals surface area contributed by atoms with E-state index < -0.39 is 5.97 Å². The molecular weight excluding hydrogens is 256 g/mol. The third-order valence-corrected chi connectivity index (χ3v) is 2.45. The van der Waals surface area contributed by atoms with Crippen LogP contribution in [0.15, 0.2) is 24.3 Å². The zero-order valence-electron chi connectivity index (χ0n) is 13.1. The summed E-state index contributed by atoms with van der Waals surface area (Å²) in [5, 5.41) is 8.41. The van der Waals surface area contributed by atoms with E-state index in [0.717, 1.165) is 25.7 Å². The van der Waals surface area contributed by atoms with E-state index in [1.54, 1.807) is 13.0 Å². The third kappa shape index (κ3) is 16.4. The number of carbonyl (C=O) groups excluding carboxylic acids is 1. The van der Waals surface area contributed by atoms with Crippen molar-refractivity contribution < 1.29 is 19.4 Å². The molecule has 116 valence electrons. The molecular formula is C16H28O4. The first kappa shape index (κ1) is 20.7. The lowest BCUT2D eigenvalue weighted by molar-refractivity contribution is -0.138. The van der Waals surface area contributed by atoms with Crippen molar-refractivity contribution in [1.29, 1.82) is 0 Å². The molecule has 0 fully saturated rings. The molecule has 0 radical (unpaired) electrons. The van der Waals surface area contributed by atoms with Gasteiger partial charge in [-0.1, -0.05) is 46.3 Å². The quantitative estimate of drug-likeness (QED) is 0.416. The van der Waals surface area contributed by atoms with Gasteiger partial charge in [0.15, 0.2) is 0 Å². The summed E-state index contributed by atoms with van der Waals surface area (Å²) in [5.74, 6) is -0.561. The van der Waals surface area contributed by atoms with Gasteiger partial charge in [-0.15, -0.1) is 0 Å². The van der Waals surface area contributed by atoms with E-state index in [1.165, 1.54) is 6.08 Å². The normalized spacial score (nSPS) is 10.6. The fraction of sp³-hybridized carbons (Fsp3) is 0.625. The fourth-order valence-electron chi connectivity index (χ4n) is 1.06. The molecule has 0 aromatic carbocycles. The Morgan fingerprint density at radius 3 is 2.35 bits per heavy atom. The first-order valence-corrected chi connectivity index (χ1v) is 7.04. The lowest BCUT2D eigenvalue weighted by atomic mass is 10.1. The van der Waals surface area contributed by atoms with E-state index in [4.69, 9.17) is 9.84 Å². The molecule has 0 aromatic rings. The van der Waals surface area contributed by atoms with E-state index in [2.05, 4.69) is 27.4 Å². The zero-order chi connectivity index (χ0) is 16.0. The van der Waals surface area contributed by atoms with Gasteiger partial charge in [0, 0.05) is 11.6 Å². The van der Waals surface area contributed by atoms with Crippen LogP contribution in [-0.4, -0.2) is 23.7 Å². The lowest BCUT2D eigenvalue weighted by Gasteiger charge is -2.03. The molecule has 0 aliphatic carbocycles. The van der Waals surface area contributed by atoms with Gasteiger partial charge in [0.25, 0.3) is 0 Å². The molecule has 0 unspecified atom stereocenters. The molecule has 0 heterocycles. The number of carboxylic acids is 1. The summed E-state index contributed by atoms with van der Waals surface area (Å²) in [4.78, 5) is 20.7. The number of carboxylic acid groups (broad SMARTS) is 1. The minimum Gasteiger partial charge on any atom is -0.478 e. The molecule has 4 heteroatoms. The van der Waals surface area contributed by atoms with Gasteiger partial charge in [0.1, 0.15) is 0 Å². The van der Waals surface area contributed by atoms with Crippen molar-refractivity contribution in [1.82, 2.24) is 0 Å². The molecule has 0 aliphatic heterocycles. The second kappa shape index (κ2) is 13.8. The van der Waals surface area contributed by atoms with Crippen molar-refractivity contribution in [3.05, 3.63) is 24.3 Å². The lowest BCUT2D eigenvalue weighted by Crippen LogP contribution is -2.03. The van der Waals surface area contributed by atoms with Crippen LogP contribution in [0.4, 0.5) is 0 Å². The summed E-state index contributed by atoms with van der Waals surface area (Å²) < 4.78 is 4.74. The molecule has 0 spiro atoms. The molecule has 0 amide bonds. The highest BCUT2D eigenvalue weighted by molar-refractivity contribution is 5.85. The van der Waals surface area contributed by atoms with Gasteiger partial charge in [-0.05, 0) is 25.7 Å². The number of allylic oxidation sites excluding steroid dienone is 1. The first-order valence-electron chi connectivity index (χ1n) is 7.04. The molecule has 0 saturated carbocycles. The predicted molar refractivity (Wildman–Crippen MR) is 81.5 cm³/mol. The zero-order valence-corrected chi connectivity index (χ0v) is 13.1. The maximum atomic E-state index is 10.5. The van der Waals surface area contributed by atoms with Crippen molar-refractivity contribution in [2.75, 3.05) is 6.61 Å². The summed E-state index contributed by atoms with van der Waals surface area (Å²) in [6.45, 7) is 11.7. The SMILES string of the molecule is C=CC(=O)OCCC(C)C.CCCCC=C(C)C(=O)O. The standard InChI is InChI=1S/2C8H14O2/c1-4-8(9)10-6-5-7(2)3;1-3-4-5-6-7(2)8(9)10/h4,7H,1,5-6H2,2-3H3;6H,3-5H2,1-2H3,(H,9,10). The number of esters is 1. The minimum absolute atomic E-state index is 0.333. The topological polar surface area (TPSA) is 63.6 Å². The molecule has 1 N–H and O–H groups in total. The maximum absolute atomic E-state index is 10.5. The summed E-state index contributed by atoms with van der Waals surface area (Å²) in [5.41, 5.74) is 0.452. The number of ether oxygens (including phenoxy) is 1. The number of rotatable bonds is 8. The Morgan fingerprint density at radius 1 is 1.35 bits per heavy atom. The van der Waals surface area contributed by atoms with Crippen molar-refractivity contribution in [3.8, 4) is 0 Å². The molecule has 0 saturated heterocycles. The highest BCUT2D eigenvalue weighted by Gasteiger charge is 1.97. The van der Waals surface area contributed by atoms with Crippen LogP contribution in [0.2, 0.25) is 0 Å². The van der Waals surface area contributed by atoms with Crippen LogP contribution in [0.25, 0.3) is 0 Å². The van der Waals surface area contributed by atoms with Crippen LogP contribution in [-0.2, 0) is 14.3 Å². The van der Waals surface area contributed by atoms with Crippen molar-refractivity contribution in [3.63, 3.8) is 0 Å². The Bertz CT molecular complexity index is 316. The van der Waals surface area contributed by atoms with E-state index in [9.17, 15) is 9.59 Å². The van der Waals surface area contributed by atoms with E-state index in [-0.39, 0.29) is 5.97 Å². The van der Waals surface area contributed by atoms with Gasteiger partial charge in [-0.25, -0.2) is 9.59 Å². The van der Waals surface area contributed by atoms with Gasteiger partial charge < -0.3 is 9.84 Å². The average Bonchev–Trinajstić information content (AvgIpc) is 2.38. The Balaban J connectivity index is 0. The summed E-state index contributed by atoms with van der Waals surface area (Å²) in [6, 6.07) is 0. The summed E-state index contributed by atoms with van der Waals surface area (Å²) >= 11 is 0. The van der Waals surface area contributed by atoms with Crippen LogP contribution < -0.4 is 0 Å². The Hall–Kier alpha value is -1.58. The Labute approximate surface area is 122 Å². The van der Waals surface area contributed by atoms with Gasteiger partial charge in [-0.2, -0.15) is 0 Å². The highest BCUT2D eigenvalue weighted by Crippen LogP contribution is 2.00. The van der Waals surface area contributed by atoms with Crippen LogP contribution in [0, 0.1) is 5.92 Å². The minimum atomic E-state index is -0.809. The molecule has 0 atom stereocenters. The maximum Gasteiger partial charge on any atom is 0.330 e. The predicted octanol–water partition coefficient (Wildman–Crippen LogP) is 3.97. The average molecular weight is 284 g/mol. The third-order valence-electron chi connectivity index (χ3n) is 2.45. The number of aliphatic carboxylic acids is 1. The molecule has 0 aromatic heterocycles. The highest BCUT2D eigenvalue weighted by atomic mass is 16.5. The van der Waals surface area contributed by atoms with Crippen molar-refractivity contribution >= 4 is 11.9 Å². The van der Waals surface area contributed by atoms with Gasteiger partial charge in [-0.3, -0.25) is 0 Å². The van der Waals surface area contributed by atoms with Crippen LogP contribution >= 0.6 is 0 Å². The first-order chi connectivity index (χ1) is 9.34. The number of carbonyl (C=O) groups is 2. The number of hydrogen-bond acceptors (Lipinski definition) is 3. The summed E-state index contributed by atoms with van der Waals surface area (Å²) in [6.07, 6.45) is 6.94. The smallest absolute Gasteiger partial charge is 0.330 e. The Morgan fingerprint density at radius 2 is 1.95 bits per heavy atom. The Kier molecular flexibility index (Phi) is 14.3. The summed E-state index contributed by atoms with van der Waals surface area (Å²) in [7, 11) is 0. The molecule has 4 nitrogen and oxygen atoms in total. The largest absolute Gasteiger partial charge is 0.478 e. The number of hydrogen-bond donors (Lipinski definition) is 1. The van der Waals surface area contributed by atoms with Gasteiger partial charge in [0.2, 0.25) is 0 Å². The van der Waals surface area contributed by atoms with Crippen molar-refractivity contribution in [2.24, 2.45) is 5.92 Å². The van der Waals surface area contributed by atoms with Crippen molar-refractivity contribution in [2.45, 2.75) is 53.4 Å². The second-order valence-corrected chi connectivity index (χ2v) is 4.89.